The number of nitrogens with one attached hydrogen (secondary N) is 1. The maximum Gasteiger partial charge on any atom is 0.317 e. The van der Waals surface area contributed by atoms with Gasteiger partial charge in [-0.1, -0.05) is 26.7 Å². The number of aliphatic carboxylic acids is 1. The van der Waals surface area contributed by atoms with E-state index in [1.807, 2.05) is 6.92 Å². The van der Waals surface area contributed by atoms with Gasteiger partial charge in [0.15, 0.2) is 0 Å². The van der Waals surface area contributed by atoms with Gasteiger partial charge in [-0.05, 0) is 25.7 Å². The molecule has 1 atom stereocenters. The molecule has 1 rings (SSSR count). The Kier molecular flexibility index (Phi) is 6.12. The van der Waals surface area contributed by atoms with E-state index in [0.29, 0.717) is 31.8 Å². The second-order valence-electron chi connectivity index (χ2n) is 5.41. The van der Waals surface area contributed by atoms with E-state index in [9.17, 15) is 9.59 Å². The van der Waals surface area contributed by atoms with Crippen molar-refractivity contribution < 1.29 is 14.7 Å². The van der Waals surface area contributed by atoms with E-state index in [2.05, 4.69) is 19.2 Å². The number of hydrogen-bond acceptors (Lipinski definition) is 2. The fourth-order valence-corrected chi connectivity index (χ4v) is 2.73. The summed E-state index contributed by atoms with van der Waals surface area (Å²) < 4.78 is 0. The highest BCUT2D eigenvalue weighted by Gasteiger charge is 2.28. The first-order valence-corrected chi connectivity index (χ1v) is 7.27. The number of hydrogen-bond donors (Lipinski definition) is 2. The normalized spacial score (nSPS) is 18.4. The molecule has 1 heterocycles. The molecule has 0 aliphatic carbocycles. The summed E-state index contributed by atoms with van der Waals surface area (Å²) in [4.78, 5) is 24.7. The zero-order valence-corrected chi connectivity index (χ0v) is 12.2. The first kappa shape index (κ1) is 15.8. The Bertz CT molecular complexity index is 308. The molecule has 2 N–H and O–H groups in total. The van der Waals surface area contributed by atoms with Crippen LogP contribution in [0.3, 0.4) is 0 Å². The number of carbonyl (C=O) groups is 2. The summed E-state index contributed by atoms with van der Waals surface area (Å²) in [5, 5.41) is 12.0. The summed E-state index contributed by atoms with van der Waals surface area (Å²) in [5.74, 6) is -0.536. The Morgan fingerprint density at radius 1 is 1.26 bits per heavy atom. The molecule has 0 aromatic heterocycles. The minimum atomic E-state index is -0.745. The van der Waals surface area contributed by atoms with Gasteiger partial charge in [0, 0.05) is 19.1 Å². The molecule has 110 valence electrons. The van der Waals surface area contributed by atoms with E-state index in [4.69, 9.17) is 5.11 Å². The van der Waals surface area contributed by atoms with Crippen molar-refractivity contribution in [2.24, 2.45) is 11.8 Å². The number of amides is 2. The fraction of sp³-hybridized carbons (Fsp3) is 0.857. The van der Waals surface area contributed by atoms with Gasteiger partial charge in [-0.3, -0.25) is 4.79 Å². The zero-order chi connectivity index (χ0) is 14.4. The second-order valence-corrected chi connectivity index (χ2v) is 5.41. The molecule has 1 unspecified atom stereocenters. The number of likely N-dealkylation sites (tertiary alicyclic amines) is 1. The van der Waals surface area contributed by atoms with Gasteiger partial charge >= 0.3 is 12.0 Å². The summed E-state index contributed by atoms with van der Waals surface area (Å²) in [6, 6.07) is 0.114. The summed E-state index contributed by atoms with van der Waals surface area (Å²) in [6.45, 7) is 7.39. The van der Waals surface area contributed by atoms with Crippen molar-refractivity contribution in [1.82, 2.24) is 10.2 Å². The second kappa shape index (κ2) is 7.36. The van der Waals surface area contributed by atoms with Crippen LogP contribution < -0.4 is 5.32 Å². The number of carbonyl (C=O) groups excluding carboxylic acids is 1. The topological polar surface area (TPSA) is 69.6 Å². The lowest BCUT2D eigenvalue weighted by atomic mass is 9.95. The highest BCUT2D eigenvalue weighted by Crippen LogP contribution is 2.18. The number of carboxylic acid groups (broad SMARTS) is 1. The van der Waals surface area contributed by atoms with Crippen molar-refractivity contribution in [3.63, 3.8) is 0 Å². The standard InChI is InChI=1S/C14H26N2O3/c1-4-11(5-2)10(3)15-14(19)16-8-6-12(7-9-16)13(17)18/h10-12H,4-9H2,1-3H3,(H,15,19)(H,17,18). The van der Waals surface area contributed by atoms with Gasteiger partial charge in [0.1, 0.15) is 0 Å². The highest BCUT2D eigenvalue weighted by molar-refractivity contribution is 5.75. The summed E-state index contributed by atoms with van der Waals surface area (Å²) in [5.41, 5.74) is 0. The average Bonchev–Trinajstić information content (AvgIpc) is 2.40. The van der Waals surface area contributed by atoms with Gasteiger partial charge in [-0.15, -0.1) is 0 Å². The number of nitrogens with zero attached hydrogens (tertiary/aromatic N) is 1. The number of piperidine rings is 1. The summed E-state index contributed by atoms with van der Waals surface area (Å²) in [7, 11) is 0. The Labute approximate surface area is 115 Å². The van der Waals surface area contributed by atoms with Crippen LogP contribution in [0.4, 0.5) is 4.79 Å². The maximum absolute atomic E-state index is 12.1. The molecule has 19 heavy (non-hydrogen) atoms. The van der Waals surface area contributed by atoms with Crippen molar-refractivity contribution in [3.8, 4) is 0 Å². The molecule has 2 amide bonds. The van der Waals surface area contributed by atoms with Crippen LogP contribution in [0.2, 0.25) is 0 Å². The Morgan fingerprint density at radius 2 is 1.79 bits per heavy atom. The number of rotatable bonds is 5. The van der Waals surface area contributed by atoms with Crippen molar-refractivity contribution in [3.05, 3.63) is 0 Å². The van der Waals surface area contributed by atoms with Crippen molar-refractivity contribution >= 4 is 12.0 Å². The number of carboxylic acids is 1. The molecule has 0 bridgehead atoms. The smallest absolute Gasteiger partial charge is 0.317 e. The maximum atomic E-state index is 12.1. The summed E-state index contributed by atoms with van der Waals surface area (Å²) in [6.07, 6.45) is 3.22. The molecule has 5 nitrogen and oxygen atoms in total. The molecule has 1 aliphatic rings. The van der Waals surface area contributed by atoms with Crippen LogP contribution in [0.1, 0.15) is 46.5 Å². The minimum absolute atomic E-state index is 0.0526. The van der Waals surface area contributed by atoms with Crippen LogP contribution >= 0.6 is 0 Å². The van der Waals surface area contributed by atoms with Crippen molar-refractivity contribution in [1.29, 1.82) is 0 Å². The van der Waals surface area contributed by atoms with Crippen LogP contribution in [-0.2, 0) is 4.79 Å². The fourth-order valence-electron chi connectivity index (χ4n) is 2.73. The third-order valence-corrected chi connectivity index (χ3v) is 4.24. The molecule has 5 heteroatoms. The number of urea groups is 1. The van der Waals surface area contributed by atoms with Crippen LogP contribution in [0.25, 0.3) is 0 Å². The Hall–Kier alpha value is -1.26. The molecule has 1 saturated heterocycles. The lowest BCUT2D eigenvalue weighted by Crippen LogP contribution is -2.49. The van der Waals surface area contributed by atoms with E-state index in [1.165, 1.54) is 0 Å². The van der Waals surface area contributed by atoms with Crippen LogP contribution in [-0.4, -0.2) is 41.1 Å². The highest BCUT2D eigenvalue weighted by atomic mass is 16.4. The van der Waals surface area contributed by atoms with Crippen LogP contribution in [0.5, 0.6) is 0 Å². The molecule has 1 fully saturated rings. The summed E-state index contributed by atoms with van der Waals surface area (Å²) >= 11 is 0. The third kappa shape index (κ3) is 4.40. The monoisotopic (exact) mass is 270 g/mol. The molecule has 0 radical (unpaired) electrons. The van der Waals surface area contributed by atoms with E-state index in [-0.39, 0.29) is 18.0 Å². The van der Waals surface area contributed by atoms with Crippen LogP contribution in [0, 0.1) is 11.8 Å². The molecular formula is C14H26N2O3. The SMILES string of the molecule is CCC(CC)C(C)NC(=O)N1CCC(C(=O)O)CC1. The van der Waals surface area contributed by atoms with Gasteiger partial charge in [0.25, 0.3) is 0 Å². The Balaban J connectivity index is 2.41. The lowest BCUT2D eigenvalue weighted by molar-refractivity contribution is -0.143. The first-order chi connectivity index (χ1) is 8.99. The van der Waals surface area contributed by atoms with Gasteiger partial charge in [0.05, 0.1) is 5.92 Å². The van der Waals surface area contributed by atoms with Crippen LogP contribution in [0.15, 0.2) is 0 Å². The predicted molar refractivity (Wildman–Crippen MR) is 74.0 cm³/mol. The van der Waals surface area contributed by atoms with E-state index in [0.717, 1.165) is 12.8 Å². The van der Waals surface area contributed by atoms with Gasteiger partial charge in [-0.2, -0.15) is 0 Å². The lowest BCUT2D eigenvalue weighted by Gasteiger charge is -2.32. The average molecular weight is 270 g/mol. The molecule has 0 aromatic rings. The molecular weight excluding hydrogens is 244 g/mol. The van der Waals surface area contributed by atoms with E-state index >= 15 is 0 Å². The third-order valence-electron chi connectivity index (χ3n) is 4.24. The van der Waals surface area contributed by atoms with Gasteiger partial charge in [-0.25, -0.2) is 4.79 Å². The largest absolute Gasteiger partial charge is 0.481 e. The van der Waals surface area contributed by atoms with Crippen molar-refractivity contribution in [2.75, 3.05) is 13.1 Å². The quantitative estimate of drug-likeness (QED) is 0.805. The zero-order valence-electron chi connectivity index (χ0n) is 12.2. The van der Waals surface area contributed by atoms with Crippen molar-refractivity contribution in [2.45, 2.75) is 52.5 Å². The molecule has 0 saturated carbocycles. The Morgan fingerprint density at radius 3 is 2.21 bits per heavy atom. The molecule has 0 aromatic carbocycles. The molecule has 1 aliphatic heterocycles. The van der Waals surface area contributed by atoms with Gasteiger partial charge in [0.2, 0.25) is 0 Å². The molecule has 0 spiro atoms. The van der Waals surface area contributed by atoms with E-state index < -0.39 is 5.97 Å². The minimum Gasteiger partial charge on any atom is -0.481 e. The van der Waals surface area contributed by atoms with Gasteiger partial charge < -0.3 is 15.3 Å². The first-order valence-electron chi connectivity index (χ1n) is 7.27. The predicted octanol–water partition coefficient (Wildman–Crippen LogP) is 2.32. The van der Waals surface area contributed by atoms with E-state index in [1.54, 1.807) is 4.90 Å².